The molecule has 0 saturated heterocycles. The molecule has 0 saturated carbocycles. The smallest absolute Gasteiger partial charge is 0.272 e. The highest BCUT2D eigenvalue weighted by atomic mass is 16.2. The zero-order valence-corrected chi connectivity index (χ0v) is 11.0. The second kappa shape index (κ2) is 4.80. The molecule has 0 aliphatic carbocycles. The third kappa shape index (κ3) is 2.05. The van der Waals surface area contributed by atoms with Crippen LogP contribution in [0.5, 0.6) is 0 Å². The first kappa shape index (κ1) is 12.4. The lowest BCUT2D eigenvalue weighted by Crippen LogP contribution is -2.43. The van der Waals surface area contributed by atoms with E-state index in [4.69, 9.17) is 0 Å². The summed E-state index contributed by atoms with van der Waals surface area (Å²) in [4.78, 5) is 26.1. The predicted octanol–water partition coefficient (Wildman–Crippen LogP) is 1.39. The van der Waals surface area contributed by atoms with Gasteiger partial charge in [0.25, 0.3) is 5.91 Å². The minimum absolute atomic E-state index is 0.192. The maximum absolute atomic E-state index is 12.5. The average Bonchev–Trinajstić information content (AvgIpc) is 2.95. The number of carbonyl (C=O) groups excluding carboxylic acids is 2. The number of H-pyrrole nitrogens is 1. The van der Waals surface area contributed by atoms with Crippen LogP contribution in [0, 0.1) is 0 Å². The number of benzene rings is 1. The predicted molar refractivity (Wildman–Crippen MR) is 73.0 cm³/mol. The molecule has 2 amide bonds. The molecule has 1 unspecified atom stereocenters. The molecular formula is C14H14N4O2. The molecule has 1 aliphatic heterocycles. The standard InChI is InChI=1S/C14H14N4O2/c1-9-13(19)16-11-5-3-2-4-10(11)8-18(9)14(20)12-6-7-15-17-12/h2-7,9H,8H2,1H3,(H,15,17)(H,16,19). The highest BCUT2D eigenvalue weighted by molar-refractivity contribution is 6.01. The van der Waals surface area contributed by atoms with Gasteiger partial charge in [-0.2, -0.15) is 5.10 Å². The summed E-state index contributed by atoms with van der Waals surface area (Å²) in [7, 11) is 0. The Balaban J connectivity index is 1.98. The Kier molecular flexibility index (Phi) is 2.98. The van der Waals surface area contributed by atoms with Gasteiger partial charge in [-0.05, 0) is 24.6 Å². The van der Waals surface area contributed by atoms with Gasteiger partial charge in [-0.1, -0.05) is 18.2 Å². The Morgan fingerprint density at radius 1 is 1.35 bits per heavy atom. The molecule has 3 rings (SSSR count). The van der Waals surface area contributed by atoms with Gasteiger partial charge < -0.3 is 10.2 Å². The Labute approximate surface area is 115 Å². The van der Waals surface area contributed by atoms with Crippen LogP contribution >= 0.6 is 0 Å². The Morgan fingerprint density at radius 2 is 2.15 bits per heavy atom. The van der Waals surface area contributed by atoms with Crippen molar-refractivity contribution in [2.45, 2.75) is 19.5 Å². The van der Waals surface area contributed by atoms with Crippen molar-refractivity contribution in [1.82, 2.24) is 15.1 Å². The van der Waals surface area contributed by atoms with Crippen molar-refractivity contribution in [2.24, 2.45) is 0 Å². The molecule has 0 spiro atoms. The van der Waals surface area contributed by atoms with Crippen LogP contribution in [0.15, 0.2) is 36.5 Å². The zero-order valence-electron chi connectivity index (χ0n) is 11.0. The lowest BCUT2D eigenvalue weighted by molar-refractivity contribution is -0.120. The zero-order chi connectivity index (χ0) is 14.1. The van der Waals surface area contributed by atoms with E-state index in [0.717, 1.165) is 11.3 Å². The van der Waals surface area contributed by atoms with Gasteiger partial charge in [0, 0.05) is 18.4 Å². The van der Waals surface area contributed by atoms with Gasteiger partial charge in [0.2, 0.25) is 5.91 Å². The molecule has 2 heterocycles. The quantitative estimate of drug-likeness (QED) is 0.822. The summed E-state index contributed by atoms with van der Waals surface area (Å²) in [5.74, 6) is -0.426. The van der Waals surface area contributed by atoms with E-state index >= 15 is 0 Å². The number of para-hydroxylation sites is 1. The fraction of sp³-hybridized carbons (Fsp3) is 0.214. The summed E-state index contributed by atoms with van der Waals surface area (Å²) in [6.45, 7) is 2.10. The fourth-order valence-electron chi connectivity index (χ4n) is 2.26. The van der Waals surface area contributed by atoms with Gasteiger partial charge in [0.15, 0.2) is 0 Å². The number of carbonyl (C=O) groups is 2. The number of hydrogen-bond acceptors (Lipinski definition) is 3. The second-order valence-corrected chi connectivity index (χ2v) is 4.73. The van der Waals surface area contributed by atoms with E-state index in [1.165, 1.54) is 11.1 Å². The molecule has 1 aliphatic rings. The Bertz CT molecular complexity index is 651. The third-order valence-corrected chi connectivity index (χ3v) is 3.45. The van der Waals surface area contributed by atoms with E-state index in [9.17, 15) is 9.59 Å². The molecule has 0 bridgehead atoms. The summed E-state index contributed by atoms with van der Waals surface area (Å²) in [5, 5.41) is 9.26. The molecule has 2 N–H and O–H groups in total. The van der Waals surface area contributed by atoms with E-state index in [2.05, 4.69) is 15.5 Å². The number of anilines is 1. The van der Waals surface area contributed by atoms with Crippen LogP contribution in [0.25, 0.3) is 0 Å². The van der Waals surface area contributed by atoms with Crippen molar-refractivity contribution in [1.29, 1.82) is 0 Å². The van der Waals surface area contributed by atoms with Crippen LogP contribution in [0.3, 0.4) is 0 Å². The fourth-order valence-corrected chi connectivity index (χ4v) is 2.26. The third-order valence-electron chi connectivity index (χ3n) is 3.45. The van der Waals surface area contributed by atoms with Crippen LogP contribution in [0.1, 0.15) is 23.0 Å². The average molecular weight is 270 g/mol. The van der Waals surface area contributed by atoms with Crippen molar-refractivity contribution < 1.29 is 9.59 Å². The molecule has 20 heavy (non-hydrogen) atoms. The normalized spacial score (nSPS) is 18.1. The highest BCUT2D eigenvalue weighted by Gasteiger charge is 2.31. The van der Waals surface area contributed by atoms with Gasteiger partial charge in [0.1, 0.15) is 11.7 Å². The van der Waals surface area contributed by atoms with E-state index in [1.54, 1.807) is 13.0 Å². The molecule has 6 nitrogen and oxygen atoms in total. The summed E-state index contributed by atoms with van der Waals surface area (Å²) in [6.07, 6.45) is 1.52. The lowest BCUT2D eigenvalue weighted by Gasteiger charge is -2.25. The van der Waals surface area contributed by atoms with Crippen molar-refractivity contribution >= 4 is 17.5 Å². The van der Waals surface area contributed by atoms with E-state index in [-0.39, 0.29) is 11.8 Å². The molecule has 1 aromatic heterocycles. The summed E-state index contributed by atoms with van der Waals surface area (Å²) < 4.78 is 0. The van der Waals surface area contributed by atoms with Gasteiger partial charge in [-0.3, -0.25) is 14.7 Å². The molecular weight excluding hydrogens is 256 g/mol. The monoisotopic (exact) mass is 270 g/mol. The van der Waals surface area contributed by atoms with Crippen LogP contribution in [0.2, 0.25) is 0 Å². The SMILES string of the molecule is CC1C(=O)Nc2ccccc2CN1C(=O)c1ccn[nH]1. The molecule has 2 aromatic rings. The number of hydrogen-bond donors (Lipinski definition) is 2. The number of fused-ring (bicyclic) bond motifs is 1. The Hall–Kier alpha value is -2.63. The summed E-state index contributed by atoms with van der Waals surface area (Å²) in [5.41, 5.74) is 2.05. The van der Waals surface area contributed by atoms with Gasteiger partial charge >= 0.3 is 0 Å². The summed E-state index contributed by atoms with van der Waals surface area (Å²) in [6, 6.07) is 8.54. The molecule has 1 atom stereocenters. The Morgan fingerprint density at radius 3 is 2.90 bits per heavy atom. The second-order valence-electron chi connectivity index (χ2n) is 4.73. The topological polar surface area (TPSA) is 78.1 Å². The van der Waals surface area contributed by atoms with Gasteiger partial charge in [-0.25, -0.2) is 0 Å². The summed E-state index contributed by atoms with van der Waals surface area (Å²) >= 11 is 0. The van der Waals surface area contributed by atoms with Crippen LogP contribution in [-0.4, -0.2) is 33.0 Å². The molecule has 6 heteroatoms. The van der Waals surface area contributed by atoms with E-state index < -0.39 is 6.04 Å². The van der Waals surface area contributed by atoms with Crippen molar-refractivity contribution in [3.05, 3.63) is 47.8 Å². The first-order valence-electron chi connectivity index (χ1n) is 6.36. The van der Waals surface area contributed by atoms with Crippen molar-refractivity contribution in [3.63, 3.8) is 0 Å². The van der Waals surface area contributed by atoms with E-state index in [1.807, 2.05) is 24.3 Å². The number of aromatic nitrogens is 2. The number of rotatable bonds is 1. The lowest BCUT2D eigenvalue weighted by atomic mass is 10.1. The van der Waals surface area contributed by atoms with Crippen LogP contribution in [-0.2, 0) is 11.3 Å². The first-order valence-corrected chi connectivity index (χ1v) is 6.36. The minimum atomic E-state index is -0.543. The maximum Gasteiger partial charge on any atom is 0.272 e. The van der Waals surface area contributed by atoms with Crippen LogP contribution < -0.4 is 5.32 Å². The number of amides is 2. The van der Waals surface area contributed by atoms with Gasteiger partial charge in [0.05, 0.1) is 0 Å². The highest BCUT2D eigenvalue weighted by Crippen LogP contribution is 2.23. The number of aromatic amines is 1. The molecule has 1 aromatic carbocycles. The van der Waals surface area contributed by atoms with E-state index in [0.29, 0.717) is 12.2 Å². The molecule has 102 valence electrons. The molecule has 0 radical (unpaired) electrons. The maximum atomic E-state index is 12.5. The largest absolute Gasteiger partial charge is 0.324 e. The number of nitrogens with zero attached hydrogens (tertiary/aromatic N) is 2. The van der Waals surface area contributed by atoms with Crippen molar-refractivity contribution in [2.75, 3.05) is 5.32 Å². The molecule has 0 fully saturated rings. The van der Waals surface area contributed by atoms with Crippen LogP contribution in [0.4, 0.5) is 5.69 Å². The van der Waals surface area contributed by atoms with Gasteiger partial charge in [-0.15, -0.1) is 0 Å². The van der Waals surface area contributed by atoms with Crippen molar-refractivity contribution in [3.8, 4) is 0 Å². The first-order chi connectivity index (χ1) is 9.66. The minimum Gasteiger partial charge on any atom is -0.324 e. The number of nitrogens with one attached hydrogen (secondary N) is 2.